The topological polar surface area (TPSA) is 70.6 Å². The number of anilines is 2. The lowest BCUT2D eigenvalue weighted by Gasteiger charge is -2.35. The Morgan fingerprint density at radius 3 is 2.21 bits per heavy atom. The van der Waals surface area contributed by atoms with Gasteiger partial charge in [0.1, 0.15) is 5.75 Å². The summed E-state index contributed by atoms with van der Waals surface area (Å²) in [5.41, 5.74) is 4.62. The second kappa shape index (κ2) is 9.58. The standard InChI is InChI=1S/C24H24F3N5O2/c1-16-3-4-18(15-17(16)2)21-9-10-22(30-29-21)31-11-13-32(14-12-31)23(33)28-19-5-7-20(8-6-19)34-24(25,26)27/h3-10,15H,11-14H2,1-2H3,(H,28,33). The summed E-state index contributed by atoms with van der Waals surface area (Å²) in [5, 5.41) is 11.4. The molecule has 2 heterocycles. The highest BCUT2D eigenvalue weighted by Crippen LogP contribution is 2.25. The van der Waals surface area contributed by atoms with Crippen molar-refractivity contribution in [2.24, 2.45) is 0 Å². The van der Waals surface area contributed by atoms with E-state index in [9.17, 15) is 18.0 Å². The molecule has 4 rings (SSSR count). The van der Waals surface area contributed by atoms with Gasteiger partial charge in [-0.1, -0.05) is 12.1 Å². The van der Waals surface area contributed by atoms with Gasteiger partial charge < -0.3 is 19.9 Å². The van der Waals surface area contributed by atoms with Crippen LogP contribution in [0.2, 0.25) is 0 Å². The number of piperazine rings is 1. The molecule has 3 aromatic rings. The van der Waals surface area contributed by atoms with E-state index in [2.05, 4.69) is 51.1 Å². The van der Waals surface area contributed by atoms with Crippen LogP contribution in [-0.4, -0.2) is 53.7 Å². The minimum Gasteiger partial charge on any atom is -0.406 e. The SMILES string of the molecule is Cc1ccc(-c2ccc(N3CCN(C(=O)Nc4ccc(OC(F)(F)F)cc4)CC3)nn2)cc1C. The molecule has 1 aliphatic rings. The number of halogens is 3. The molecule has 1 saturated heterocycles. The first-order chi connectivity index (χ1) is 16.2. The van der Waals surface area contributed by atoms with Crippen molar-refractivity contribution in [3.63, 3.8) is 0 Å². The number of carbonyl (C=O) groups is 1. The molecular weight excluding hydrogens is 447 g/mol. The average Bonchev–Trinajstić information content (AvgIpc) is 2.81. The fourth-order valence-corrected chi connectivity index (χ4v) is 3.63. The molecule has 0 atom stereocenters. The molecule has 10 heteroatoms. The van der Waals surface area contributed by atoms with Crippen LogP contribution >= 0.6 is 0 Å². The second-order valence-corrected chi connectivity index (χ2v) is 8.05. The van der Waals surface area contributed by atoms with Crippen LogP contribution in [0, 0.1) is 13.8 Å². The number of aromatic nitrogens is 2. The number of carbonyl (C=O) groups excluding carboxylic acids is 1. The zero-order valence-electron chi connectivity index (χ0n) is 18.8. The van der Waals surface area contributed by atoms with Crippen molar-refractivity contribution in [3.8, 4) is 17.0 Å². The Morgan fingerprint density at radius 2 is 1.62 bits per heavy atom. The molecule has 1 aliphatic heterocycles. The number of amides is 2. The molecule has 0 aliphatic carbocycles. The molecule has 1 N–H and O–H groups in total. The average molecular weight is 471 g/mol. The molecule has 0 radical (unpaired) electrons. The van der Waals surface area contributed by atoms with E-state index in [1.165, 1.54) is 23.3 Å². The fourth-order valence-electron chi connectivity index (χ4n) is 3.63. The second-order valence-electron chi connectivity index (χ2n) is 8.05. The van der Waals surface area contributed by atoms with Gasteiger partial charge in [-0.25, -0.2) is 4.79 Å². The molecular formula is C24H24F3N5O2. The maximum atomic E-state index is 12.5. The van der Waals surface area contributed by atoms with Crippen LogP contribution in [0.25, 0.3) is 11.3 Å². The molecule has 2 aromatic carbocycles. The zero-order chi connectivity index (χ0) is 24.3. The van der Waals surface area contributed by atoms with E-state index in [0.29, 0.717) is 31.9 Å². The number of aryl methyl sites for hydroxylation is 2. The fraction of sp³-hybridized carbons (Fsp3) is 0.292. The van der Waals surface area contributed by atoms with Crippen LogP contribution in [0.5, 0.6) is 5.75 Å². The predicted octanol–water partition coefficient (Wildman–Crippen LogP) is 5.01. The lowest BCUT2D eigenvalue weighted by molar-refractivity contribution is -0.274. The highest BCUT2D eigenvalue weighted by Gasteiger charge is 2.31. The molecule has 0 bridgehead atoms. The lowest BCUT2D eigenvalue weighted by Crippen LogP contribution is -2.50. The number of nitrogens with one attached hydrogen (secondary N) is 1. The van der Waals surface area contributed by atoms with E-state index < -0.39 is 6.36 Å². The molecule has 1 aromatic heterocycles. The Kier molecular flexibility index (Phi) is 6.58. The van der Waals surface area contributed by atoms with Gasteiger partial charge in [0.25, 0.3) is 0 Å². The van der Waals surface area contributed by atoms with Gasteiger partial charge in [-0.3, -0.25) is 0 Å². The van der Waals surface area contributed by atoms with Crippen LogP contribution in [0.15, 0.2) is 54.6 Å². The van der Waals surface area contributed by atoms with Gasteiger partial charge in [0.2, 0.25) is 0 Å². The van der Waals surface area contributed by atoms with Gasteiger partial charge in [0.15, 0.2) is 5.82 Å². The Balaban J connectivity index is 1.30. The molecule has 2 amide bonds. The van der Waals surface area contributed by atoms with E-state index in [1.807, 2.05) is 18.2 Å². The summed E-state index contributed by atoms with van der Waals surface area (Å²) >= 11 is 0. The first-order valence-corrected chi connectivity index (χ1v) is 10.8. The Morgan fingerprint density at radius 1 is 0.912 bits per heavy atom. The smallest absolute Gasteiger partial charge is 0.406 e. The monoisotopic (exact) mass is 471 g/mol. The minimum atomic E-state index is -4.76. The van der Waals surface area contributed by atoms with Crippen LogP contribution < -0.4 is 15.0 Å². The van der Waals surface area contributed by atoms with Crippen molar-refractivity contribution >= 4 is 17.5 Å². The number of nitrogens with zero attached hydrogens (tertiary/aromatic N) is 4. The summed E-state index contributed by atoms with van der Waals surface area (Å²) in [6.45, 7) is 6.25. The number of benzene rings is 2. The van der Waals surface area contributed by atoms with Crippen LogP contribution in [0.1, 0.15) is 11.1 Å². The van der Waals surface area contributed by atoms with E-state index in [1.54, 1.807) is 4.90 Å². The Hall–Kier alpha value is -3.82. The largest absolute Gasteiger partial charge is 0.573 e. The summed E-state index contributed by atoms with van der Waals surface area (Å²) < 4.78 is 40.6. The molecule has 0 unspecified atom stereocenters. The summed E-state index contributed by atoms with van der Waals surface area (Å²) in [6, 6.07) is 14.8. The number of rotatable bonds is 4. The van der Waals surface area contributed by atoms with E-state index in [4.69, 9.17) is 0 Å². The number of alkyl halides is 3. The molecule has 0 spiro atoms. The summed E-state index contributed by atoms with van der Waals surface area (Å²) in [6.07, 6.45) is -4.76. The van der Waals surface area contributed by atoms with Crippen molar-refractivity contribution in [3.05, 3.63) is 65.7 Å². The lowest BCUT2D eigenvalue weighted by atomic mass is 10.0. The molecule has 178 valence electrons. The zero-order valence-corrected chi connectivity index (χ0v) is 18.8. The number of urea groups is 1. The maximum absolute atomic E-state index is 12.5. The number of hydrogen-bond donors (Lipinski definition) is 1. The maximum Gasteiger partial charge on any atom is 0.573 e. The Bertz CT molecular complexity index is 1140. The number of hydrogen-bond acceptors (Lipinski definition) is 5. The third-order valence-corrected chi connectivity index (χ3v) is 5.68. The quantitative estimate of drug-likeness (QED) is 0.579. The molecule has 1 fully saturated rings. The van der Waals surface area contributed by atoms with Gasteiger partial charge in [0, 0.05) is 37.4 Å². The van der Waals surface area contributed by atoms with Gasteiger partial charge in [-0.2, -0.15) is 0 Å². The minimum absolute atomic E-state index is 0.319. The van der Waals surface area contributed by atoms with Crippen molar-refractivity contribution < 1.29 is 22.7 Å². The number of ether oxygens (including phenoxy) is 1. The first-order valence-electron chi connectivity index (χ1n) is 10.8. The van der Waals surface area contributed by atoms with Crippen molar-refractivity contribution in [1.82, 2.24) is 15.1 Å². The predicted molar refractivity (Wildman–Crippen MR) is 123 cm³/mol. The van der Waals surface area contributed by atoms with E-state index in [-0.39, 0.29) is 11.8 Å². The van der Waals surface area contributed by atoms with E-state index >= 15 is 0 Å². The summed E-state index contributed by atoms with van der Waals surface area (Å²) in [4.78, 5) is 16.2. The third-order valence-electron chi connectivity index (χ3n) is 5.68. The van der Waals surface area contributed by atoms with Gasteiger partial charge in [-0.15, -0.1) is 23.4 Å². The molecule has 0 saturated carbocycles. The normalized spacial score (nSPS) is 14.1. The van der Waals surface area contributed by atoms with E-state index in [0.717, 1.165) is 29.2 Å². The van der Waals surface area contributed by atoms with Crippen molar-refractivity contribution in [2.45, 2.75) is 20.2 Å². The van der Waals surface area contributed by atoms with Crippen LogP contribution in [0.3, 0.4) is 0 Å². The van der Waals surface area contributed by atoms with Crippen molar-refractivity contribution in [1.29, 1.82) is 0 Å². The van der Waals surface area contributed by atoms with Crippen molar-refractivity contribution in [2.75, 3.05) is 36.4 Å². The molecule has 7 nitrogen and oxygen atoms in total. The molecule has 34 heavy (non-hydrogen) atoms. The highest BCUT2D eigenvalue weighted by atomic mass is 19.4. The van der Waals surface area contributed by atoms with Crippen LogP contribution in [-0.2, 0) is 0 Å². The van der Waals surface area contributed by atoms with Gasteiger partial charge >= 0.3 is 12.4 Å². The summed E-state index contributed by atoms with van der Waals surface area (Å²) in [7, 11) is 0. The van der Waals surface area contributed by atoms with Crippen LogP contribution in [0.4, 0.5) is 29.5 Å². The highest BCUT2D eigenvalue weighted by molar-refractivity contribution is 5.89. The first kappa shape index (κ1) is 23.3. The Labute approximate surface area is 195 Å². The summed E-state index contributed by atoms with van der Waals surface area (Å²) in [5.74, 6) is 0.400. The van der Waals surface area contributed by atoms with Gasteiger partial charge in [0.05, 0.1) is 5.69 Å². The van der Waals surface area contributed by atoms with Gasteiger partial charge in [-0.05, 0) is 67.4 Å². The third kappa shape index (κ3) is 5.75.